The second-order valence-electron chi connectivity index (χ2n) is 8.76. The van der Waals surface area contributed by atoms with Gasteiger partial charge in [-0.3, -0.25) is 4.79 Å². The lowest BCUT2D eigenvalue weighted by atomic mass is 9.94. The summed E-state index contributed by atoms with van der Waals surface area (Å²) in [4.78, 5) is 13.7. The van der Waals surface area contributed by atoms with Crippen LogP contribution in [0.5, 0.6) is 0 Å². The van der Waals surface area contributed by atoms with Gasteiger partial charge in [0.05, 0.1) is 24.9 Å². The molecule has 0 saturated heterocycles. The molecule has 0 fully saturated rings. The average Bonchev–Trinajstić information content (AvgIpc) is 2.72. The molecule has 0 aromatic heterocycles. The van der Waals surface area contributed by atoms with Crippen LogP contribution in [0.25, 0.3) is 0 Å². The van der Waals surface area contributed by atoms with Crippen molar-refractivity contribution in [2.75, 3.05) is 13.7 Å². The van der Waals surface area contributed by atoms with Gasteiger partial charge in [0.25, 0.3) is 0 Å². The number of hydrogen-bond acceptors (Lipinski definition) is 4. The molecule has 0 heterocycles. The molecule has 0 saturated carbocycles. The van der Waals surface area contributed by atoms with Crippen molar-refractivity contribution < 1.29 is 20.1 Å². The van der Waals surface area contributed by atoms with E-state index in [1.165, 1.54) is 4.90 Å². The number of rotatable bonds is 12. The van der Waals surface area contributed by atoms with E-state index in [-0.39, 0.29) is 24.5 Å². The molecule has 5 nitrogen and oxygen atoms in total. The first-order chi connectivity index (χ1) is 14.4. The van der Waals surface area contributed by atoms with Crippen LogP contribution >= 0.6 is 0 Å². The van der Waals surface area contributed by atoms with Gasteiger partial charge in [-0.1, -0.05) is 68.9 Å². The molecule has 0 aromatic rings. The minimum absolute atomic E-state index is 0.0194. The minimum Gasteiger partial charge on any atom is -0.394 e. The van der Waals surface area contributed by atoms with Crippen molar-refractivity contribution in [3.05, 3.63) is 59.3 Å². The lowest BCUT2D eigenvalue weighted by molar-refractivity contribution is -0.128. The Labute approximate surface area is 189 Å². The number of carbonyl (C=O) groups is 1. The molecule has 0 bridgehead atoms. The average molecular weight is 434 g/mol. The Bertz CT molecular complexity index is 700. The fourth-order valence-corrected chi connectivity index (χ4v) is 3.04. The molecule has 0 aromatic carbocycles. The molecule has 5 heteroatoms. The molecule has 31 heavy (non-hydrogen) atoms. The molecule has 4 atom stereocenters. The number of amides is 1. The third kappa shape index (κ3) is 11.9. The maximum atomic E-state index is 12.2. The molecule has 0 rings (SSSR count). The van der Waals surface area contributed by atoms with Crippen molar-refractivity contribution in [2.45, 2.75) is 73.1 Å². The lowest BCUT2D eigenvalue weighted by Gasteiger charge is -2.23. The van der Waals surface area contributed by atoms with Gasteiger partial charge in [0, 0.05) is 18.5 Å². The van der Waals surface area contributed by atoms with Crippen LogP contribution in [0.3, 0.4) is 0 Å². The Morgan fingerprint density at radius 2 is 1.65 bits per heavy atom. The summed E-state index contributed by atoms with van der Waals surface area (Å²) >= 11 is 0. The van der Waals surface area contributed by atoms with Crippen molar-refractivity contribution in [1.29, 1.82) is 0 Å². The molecule has 176 valence electrons. The highest BCUT2D eigenvalue weighted by Crippen LogP contribution is 2.17. The van der Waals surface area contributed by atoms with Gasteiger partial charge in [-0.05, 0) is 45.6 Å². The Balaban J connectivity index is 4.76. The third-order valence-electron chi connectivity index (χ3n) is 5.11. The molecule has 3 N–H and O–H groups in total. The number of aliphatic hydroxyl groups excluding tert-OH is 3. The first-order valence-electron chi connectivity index (χ1n) is 11.0. The zero-order valence-corrected chi connectivity index (χ0v) is 20.5. The fraction of sp³-hybridized carbons (Fsp3) is 0.577. The quantitative estimate of drug-likeness (QED) is 0.245. The normalized spacial score (nSPS) is 18.0. The van der Waals surface area contributed by atoms with E-state index in [1.807, 2.05) is 39.0 Å². The first kappa shape index (κ1) is 29.1. The molecule has 0 spiro atoms. The third-order valence-corrected chi connectivity index (χ3v) is 5.11. The van der Waals surface area contributed by atoms with Crippen LogP contribution in [-0.2, 0) is 4.79 Å². The minimum atomic E-state index is -0.635. The first-order valence-corrected chi connectivity index (χ1v) is 11.0. The summed E-state index contributed by atoms with van der Waals surface area (Å²) in [6.07, 6.45) is 12.2. The highest BCUT2D eigenvalue weighted by atomic mass is 16.3. The predicted octanol–water partition coefficient (Wildman–Crippen LogP) is 4.18. The van der Waals surface area contributed by atoms with E-state index >= 15 is 0 Å². The van der Waals surface area contributed by atoms with E-state index in [2.05, 4.69) is 19.9 Å². The van der Waals surface area contributed by atoms with Gasteiger partial charge in [0.1, 0.15) is 0 Å². The summed E-state index contributed by atoms with van der Waals surface area (Å²) < 4.78 is 0. The number of allylic oxidation sites excluding steroid dienone is 5. The molecular weight excluding hydrogens is 390 g/mol. The van der Waals surface area contributed by atoms with E-state index in [1.54, 1.807) is 39.1 Å². The van der Waals surface area contributed by atoms with Crippen molar-refractivity contribution in [3.8, 4) is 0 Å². The summed E-state index contributed by atoms with van der Waals surface area (Å²) in [5, 5.41) is 29.7. The monoisotopic (exact) mass is 433 g/mol. The van der Waals surface area contributed by atoms with Crippen molar-refractivity contribution >= 4 is 5.91 Å². The summed E-state index contributed by atoms with van der Waals surface area (Å²) in [6.45, 7) is 13.5. The standard InChI is InChI=1S/C26H43NO4/c1-18(2)15-21(5)25(30)22(6)16-19(3)13-14-24(29)12-10-9-11-20(4)26(31)27(8)23(7)17-28/h9-11,13-16,18,22-25,28-30H,12,17H2,1-8H3/b10-9+,14-13+,19-16+,20-11+,21-15+/t22-,23+,24?,25+/m1/s1. The summed E-state index contributed by atoms with van der Waals surface area (Å²) in [5.41, 5.74) is 2.52. The zero-order chi connectivity index (χ0) is 24.1. The summed E-state index contributed by atoms with van der Waals surface area (Å²) in [5.74, 6) is 0.244. The van der Waals surface area contributed by atoms with Crippen molar-refractivity contribution in [3.63, 3.8) is 0 Å². The second kappa shape index (κ2) is 15.0. The number of hydrogen-bond donors (Lipinski definition) is 3. The smallest absolute Gasteiger partial charge is 0.249 e. The molecule has 0 aliphatic carbocycles. The van der Waals surface area contributed by atoms with E-state index in [0.717, 1.165) is 11.1 Å². The summed E-state index contributed by atoms with van der Waals surface area (Å²) in [7, 11) is 1.66. The fourth-order valence-electron chi connectivity index (χ4n) is 3.04. The topological polar surface area (TPSA) is 81.0 Å². The van der Waals surface area contributed by atoms with Gasteiger partial charge in [0.15, 0.2) is 0 Å². The number of nitrogens with zero attached hydrogens (tertiary/aromatic N) is 1. The number of aliphatic hydroxyl groups is 3. The SMILES string of the molecule is CC(/C=C/C(O)C/C=C/C=C(\C)C(=O)N(C)[C@@H](C)CO)=C\[C@@H](C)[C@@H](O)/C(C)=C/C(C)C. The predicted molar refractivity (Wildman–Crippen MR) is 130 cm³/mol. The van der Waals surface area contributed by atoms with Crippen LogP contribution < -0.4 is 0 Å². The highest BCUT2D eigenvalue weighted by Gasteiger charge is 2.16. The van der Waals surface area contributed by atoms with Crippen LogP contribution in [0.2, 0.25) is 0 Å². The maximum absolute atomic E-state index is 12.2. The van der Waals surface area contributed by atoms with Crippen molar-refractivity contribution in [2.24, 2.45) is 11.8 Å². The van der Waals surface area contributed by atoms with Crippen LogP contribution in [0.15, 0.2) is 59.3 Å². The van der Waals surface area contributed by atoms with E-state index in [4.69, 9.17) is 5.11 Å². The number of carbonyl (C=O) groups excluding carboxylic acids is 1. The Morgan fingerprint density at radius 1 is 1.03 bits per heavy atom. The molecule has 1 unspecified atom stereocenters. The highest BCUT2D eigenvalue weighted by molar-refractivity contribution is 5.93. The lowest BCUT2D eigenvalue weighted by Crippen LogP contribution is -2.37. The van der Waals surface area contributed by atoms with Crippen LogP contribution in [-0.4, -0.2) is 58.0 Å². The van der Waals surface area contributed by atoms with Gasteiger partial charge < -0.3 is 20.2 Å². The molecule has 0 aliphatic rings. The second-order valence-corrected chi connectivity index (χ2v) is 8.76. The molecular formula is C26H43NO4. The van der Waals surface area contributed by atoms with Crippen LogP contribution in [0.1, 0.15) is 54.9 Å². The molecule has 1 amide bonds. The Kier molecular flexibility index (Phi) is 14.0. The summed E-state index contributed by atoms with van der Waals surface area (Å²) in [6, 6.07) is -0.234. The van der Waals surface area contributed by atoms with E-state index < -0.39 is 12.2 Å². The van der Waals surface area contributed by atoms with Gasteiger partial charge in [0.2, 0.25) is 5.91 Å². The molecule has 0 radical (unpaired) electrons. The van der Waals surface area contributed by atoms with E-state index in [0.29, 0.717) is 17.9 Å². The van der Waals surface area contributed by atoms with Gasteiger partial charge >= 0.3 is 0 Å². The zero-order valence-electron chi connectivity index (χ0n) is 20.5. The van der Waals surface area contributed by atoms with E-state index in [9.17, 15) is 15.0 Å². The van der Waals surface area contributed by atoms with Crippen LogP contribution in [0, 0.1) is 11.8 Å². The van der Waals surface area contributed by atoms with Crippen molar-refractivity contribution in [1.82, 2.24) is 4.90 Å². The Morgan fingerprint density at radius 3 is 2.19 bits per heavy atom. The van der Waals surface area contributed by atoms with Crippen LogP contribution in [0.4, 0.5) is 0 Å². The molecule has 0 aliphatic heterocycles. The van der Waals surface area contributed by atoms with Gasteiger partial charge in [-0.2, -0.15) is 0 Å². The number of likely N-dealkylation sites (N-methyl/N-ethyl adjacent to an activating group) is 1. The maximum Gasteiger partial charge on any atom is 0.249 e. The largest absolute Gasteiger partial charge is 0.394 e. The Hall–Kier alpha value is -1.95. The van der Waals surface area contributed by atoms with Gasteiger partial charge in [-0.25, -0.2) is 0 Å². The van der Waals surface area contributed by atoms with Gasteiger partial charge in [-0.15, -0.1) is 0 Å².